The molecular formula is C10H10F4O6S2. The van der Waals surface area contributed by atoms with Gasteiger partial charge in [-0.15, -0.1) is 0 Å². The van der Waals surface area contributed by atoms with Crippen molar-refractivity contribution in [2.24, 2.45) is 0 Å². The van der Waals surface area contributed by atoms with E-state index in [0.29, 0.717) is 6.07 Å². The highest BCUT2D eigenvalue weighted by molar-refractivity contribution is 7.86. The Hall–Kier alpha value is -1.24. The maximum atomic E-state index is 13.6. The van der Waals surface area contributed by atoms with E-state index in [0.717, 1.165) is 13.8 Å². The van der Waals surface area contributed by atoms with Crippen molar-refractivity contribution < 1.29 is 43.5 Å². The Morgan fingerprint density at radius 3 is 1.27 bits per heavy atom. The Morgan fingerprint density at radius 1 is 0.773 bits per heavy atom. The van der Waals surface area contributed by atoms with Gasteiger partial charge in [-0.25, -0.2) is 0 Å². The van der Waals surface area contributed by atoms with Crippen molar-refractivity contribution in [1.29, 1.82) is 0 Å². The summed E-state index contributed by atoms with van der Waals surface area (Å²) in [6.07, 6.45) is 0. The van der Waals surface area contributed by atoms with Gasteiger partial charge < -0.3 is 0 Å². The third-order valence-electron chi connectivity index (χ3n) is 2.85. The molecule has 0 heterocycles. The molecule has 1 aromatic carbocycles. The van der Waals surface area contributed by atoms with Crippen LogP contribution in [0.2, 0.25) is 0 Å². The van der Waals surface area contributed by atoms with Gasteiger partial charge in [0.1, 0.15) is 0 Å². The molecular weight excluding hydrogens is 356 g/mol. The van der Waals surface area contributed by atoms with Crippen LogP contribution in [0.25, 0.3) is 0 Å². The minimum absolute atomic E-state index is 0.0772. The lowest BCUT2D eigenvalue weighted by Gasteiger charge is -2.21. The molecule has 0 saturated heterocycles. The highest BCUT2D eigenvalue weighted by Gasteiger charge is 2.51. The number of hydrogen-bond acceptors (Lipinski definition) is 4. The van der Waals surface area contributed by atoms with Gasteiger partial charge in [0, 0.05) is 11.1 Å². The van der Waals surface area contributed by atoms with Gasteiger partial charge in [0.15, 0.2) is 0 Å². The van der Waals surface area contributed by atoms with Crippen LogP contribution in [0, 0.1) is 13.8 Å². The van der Waals surface area contributed by atoms with Crippen LogP contribution in [0.15, 0.2) is 12.1 Å². The first-order valence-electron chi connectivity index (χ1n) is 5.35. The Labute approximate surface area is 123 Å². The molecule has 1 rings (SSSR count). The van der Waals surface area contributed by atoms with E-state index in [1.807, 2.05) is 0 Å². The van der Waals surface area contributed by atoms with E-state index in [9.17, 15) is 34.4 Å². The summed E-state index contributed by atoms with van der Waals surface area (Å²) >= 11 is 0. The molecule has 6 nitrogen and oxygen atoms in total. The summed E-state index contributed by atoms with van der Waals surface area (Å²) in [5.41, 5.74) is -4.01. The van der Waals surface area contributed by atoms with E-state index in [1.165, 1.54) is 0 Å². The second-order valence-corrected chi connectivity index (χ2v) is 7.39. The molecule has 0 bridgehead atoms. The van der Waals surface area contributed by atoms with E-state index in [2.05, 4.69) is 0 Å². The highest BCUT2D eigenvalue weighted by atomic mass is 32.2. The molecule has 12 heteroatoms. The zero-order chi connectivity index (χ0) is 17.7. The molecule has 0 unspecified atom stereocenters. The summed E-state index contributed by atoms with van der Waals surface area (Å²) in [6, 6.07) is 0.606. The van der Waals surface area contributed by atoms with Crippen LogP contribution >= 0.6 is 0 Å². The van der Waals surface area contributed by atoms with Crippen molar-refractivity contribution in [3.63, 3.8) is 0 Å². The molecule has 0 fully saturated rings. The van der Waals surface area contributed by atoms with Crippen LogP contribution < -0.4 is 0 Å². The summed E-state index contributed by atoms with van der Waals surface area (Å²) in [7, 11) is -12.0. The summed E-state index contributed by atoms with van der Waals surface area (Å²) in [5, 5.41) is -9.87. The van der Waals surface area contributed by atoms with Crippen molar-refractivity contribution in [2.75, 3.05) is 0 Å². The number of benzene rings is 1. The van der Waals surface area contributed by atoms with E-state index < -0.39 is 53.0 Å². The lowest BCUT2D eigenvalue weighted by atomic mass is 10.00. The monoisotopic (exact) mass is 366 g/mol. The van der Waals surface area contributed by atoms with E-state index in [-0.39, 0.29) is 6.07 Å². The molecule has 0 amide bonds. The van der Waals surface area contributed by atoms with E-state index in [1.54, 1.807) is 0 Å². The van der Waals surface area contributed by atoms with Gasteiger partial charge in [-0.3, -0.25) is 9.11 Å². The Morgan fingerprint density at radius 2 is 1.05 bits per heavy atom. The lowest BCUT2D eigenvalue weighted by Crippen LogP contribution is -2.30. The quantitative estimate of drug-likeness (QED) is 0.624. The number of rotatable bonds is 4. The summed E-state index contributed by atoms with van der Waals surface area (Å²) in [6.45, 7) is 1.91. The fourth-order valence-corrected chi connectivity index (χ4v) is 2.75. The summed E-state index contributed by atoms with van der Waals surface area (Å²) < 4.78 is 114. The van der Waals surface area contributed by atoms with Crippen molar-refractivity contribution in [1.82, 2.24) is 0 Å². The SMILES string of the molecule is Cc1cc(C)c(C(F)(F)S(=O)(=O)O)cc1C(F)(F)S(=O)(=O)O. The summed E-state index contributed by atoms with van der Waals surface area (Å²) in [5.74, 6) is 0. The molecule has 0 aliphatic rings. The first-order chi connectivity index (χ1) is 9.53. The average Bonchev–Trinajstić information content (AvgIpc) is 2.24. The topological polar surface area (TPSA) is 109 Å². The predicted octanol–water partition coefficient (Wildman–Crippen LogP) is 2.18. The molecule has 0 saturated carbocycles. The zero-order valence-corrected chi connectivity index (χ0v) is 12.6. The van der Waals surface area contributed by atoms with Crippen LogP contribution in [0.3, 0.4) is 0 Å². The van der Waals surface area contributed by atoms with Gasteiger partial charge in [-0.05, 0) is 31.0 Å². The largest absolute Gasteiger partial charge is 0.395 e. The Bertz CT molecular complexity index is 749. The molecule has 126 valence electrons. The second kappa shape index (κ2) is 5.15. The van der Waals surface area contributed by atoms with Gasteiger partial charge in [0.05, 0.1) is 0 Å². The summed E-state index contributed by atoms with van der Waals surface area (Å²) in [4.78, 5) is 0. The van der Waals surface area contributed by atoms with Crippen LogP contribution in [-0.2, 0) is 30.7 Å². The molecule has 0 spiro atoms. The molecule has 22 heavy (non-hydrogen) atoms. The Balaban J connectivity index is 3.80. The number of hydrogen-bond donors (Lipinski definition) is 2. The number of alkyl halides is 4. The van der Waals surface area contributed by atoms with Crippen LogP contribution in [0.4, 0.5) is 17.6 Å². The maximum Gasteiger partial charge on any atom is 0.395 e. The molecule has 2 N–H and O–H groups in total. The fraction of sp³-hybridized carbons (Fsp3) is 0.400. The molecule has 0 atom stereocenters. The lowest BCUT2D eigenvalue weighted by molar-refractivity contribution is 0.0709. The van der Waals surface area contributed by atoms with Gasteiger partial charge in [0.25, 0.3) is 0 Å². The van der Waals surface area contributed by atoms with Crippen molar-refractivity contribution >= 4 is 20.2 Å². The predicted molar refractivity (Wildman–Crippen MR) is 66.8 cm³/mol. The normalized spacial score (nSPS) is 14.2. The average molecular weight is 366 g/mol. The van der Waals surface area contributed by atoms with E-state index in [4.69, 9.17) is 9.11 Å². The number of aryl methyl sites for hydroxylation is 2. The van der Waals surface area contributed by atoms with Gasteiger partial charge in [0.2, 0.25) is 0 Å². The van der Waals surface area contributed by atoms with Gasteiger partial charge in [-0.2, -0.15) is 34.4 Å². The third kappa shape index (κ3) is 2.95. The molecule has 0 aliphatic carbocycles. The first kappa shape index (κ1) is 18.8. The minimum atomic E-state index is -5.98. The van der Waals surface area contributed by atoms with Crippen molar-refractivity contribution in [3.05, 3.63) is 34.4 Å². The van der Waals surface area contributed by atoms with Gasteiger partial charge >= 0.3 is 30.7 Å². The fourth-order valence-electron chi connectivity index (χ4n) is 1.76. The smallest absolute Gasteiger partial charge is 0.281 e. The Kier molecular flexibility index (Phi) is 4.40. The van der Waals surface area contributed by atoms with Crippen LogP contribution in [0.5, 0.6) is 0 Å². The van der Waals surface area contributed by atoms with Gasteiger partial charge in [-0.1, -0.05) is 6.07 Å². The highest BCUT2D eigenvalue weighted by Crippen LogP contribution is 2.41. The minimum Gasteiger partial charge on any atom is -0.281 e. The first-order valence-corrected chi connectivity index (χ1v) is 8.23. The maximum absolute atomic E-state index is 13.6. The van der Waals surface area contributed by atoms with Crippen molar-refractivity contribution in [3.8, 4) is 0 Å². The van der Waals surface area contributed by atoms with Crippen molar-refractivity contribution in [2.45, 2.75) is 24.4 Å². The molecule has 1 aromatic rings. The third-order valence-corrected chi connectivity index (χ3v) is 4.58. The second-order valence-electron chi connectivity index (χ2n) is 4.47. The van der Waals surface area contributed by atoms with Crippen LogP contribution in [0.1, 0.15) is 22.3 Å². The molecule has 0 aromatic heterocycles. The zero-order valence-electron chi connectivity index (χ0n) is 11.0. The number of halogens is 4. The molecule has 0 aliphatic heterocycles. The van der Waals surface area contributed by atoms with E-state index >= 15 is 0 Å². The standard InChI is InChI=1S/C10H10F4O6S2/c1-5-3-6(2)8(10(13,14)22(18,19)20)4-7(5)9(11,12)21(15,16)17/h3-4H,1-2H3,(H,15,16,17)(H,18,19,20). The van der Waals surface area contributed by atoms with Crippen LogP contribution in [-0.4, -0.2) is 25.9 Å². The molecule has 0 radical (unpaired) electrons.